The Labute approximate surface area is 100 Å². The zero-order chi connectivity index (χ0) is 12.6. The standard InChI is InChI=1S/C11H26N2O2S/c1-11(2)7-10-16(14,15)13(3)9-6-4-5-8-12/h11H,4-10,12H2,1-3H3. The van der Waals surface area contributed by atoms with Gasteiger partial charge in [-0.15, -0.1) is 0 Å². The average molecular weight is 250 g/mol. The largest absolute Gasteiger partial charge is 0.330 e. The zero-order valence-corrected chi connectivity index (χ0v) is 11.6. The first kappa shape index (κ1) is 15.9. The van der Waals surface area contributed by atoms with Crippen LogP contribution in [0.25, 0.3) is 0 Å². The fourth-order valence-electron chi connectivity index (χ4n) is 1.34. The maximum atomic E-state index is 11.8. The second-order valence-electron chi connectivity index (χ2n) is 4.67. The highest BCUT2D eigenvalue weighted by Gasteiger charge is 2.17. The van der Waals surface area contributed by atoms with Gasteiger partial charge in [0.25, 0.3) is 0 Å². The molecule has 0 fully saturated rings. The van der Waals surface area contributed by atoms with Crippen molar-refractivity contribution in [1.82, 2.24) is 4.31 Å². The number of nitrogens with zero attached hydrogens (tertiary/aromatic N) is 1. The third kappa shape index (κ3) is 7.19. The van der Waals surface area contributed by atoms with Crippen molar-refractivity contribution in [1.29, 1.82) is 0 Å². The van der Waals surface area contributed by atoms with Crippen molar-refractivity contribution in [3.63, 3.8) is 0 Å². The minimum Gasteiger partial charge on any atom is -0.330 e. The molecule has 0 aliphatic rings. The van der Waals surface area contributed by atoms with E-state index in [1.165, 1.54) is 4.31 Å². The molecule has 0 spiro atoms. The van der Waals surface area contributed by atoms with E-state index in [2.05, 4.69) is 0 Å². The fraction of sp³-hybridized carbons (Fsp3) is 1.00. The third-order valence-electron chi connectivity index (χ3n) is 2.61. The summed E-state index contributed by atoms with van der Waals surface area (Å²) in [5.41, 5.74) is 5.38. The van der Waals surface area contributed by atoms with Gasteiger partial charge in [0.1, 0.15) is 0 Å². The first-order valence-corrected chi connectivity index (χ1v) is 7.65. The van der Waals surface area contributed by atoms with Crippen molar-refractivity contribution in [2.75, 3.05) is 25.9 Å². The van der Waals surface area contributed by atoms with Gasteiger partial charge >= 0.3 is 0 Å². The van der Waals surface area contributed by atoms with Gasteiger partial charge in [0, 0.05) is 13.6 Å². The molecule has 5 heteroatoms. The summed E-state index contributed by atoms with van der Waals surface area (Å²) in [6, 6.07) is 0. The molecule has 0 bridgehead atoms. The third-order valence-corrected chi connectivity index (χ3v) is 4.49. The van der Waals surface area contributed by atoms with Crippen molar-refractivity contribution in [3.05, 3.63) is 0 Å². The lowest BCUT2D eigenvalue weighted by molar-refractivity contribution is 0.448. The van der Waals surface area contributed by atoms with Crippen LogP contribution in [0.2, 0.25) is 0 Å². The fourth-order valence-corrected chi connectivity index (χ4v) is 2.82. The first-order valence-electron chi connectivity index (χ1n) is 6.04. The van der Waals surface area contributed by atoms with E-state index in [0.29, 0.717) is 19.0 Å². The predicted octanol–water partition coefficient (Wildman–Crippen LogP) is 1.42. The van der Waals surface area contributed by atoms with Crippen LogP contribution in [0.4, 0.5) is 0 Å². The highest BCUT2D eigenvalue weighted by Crippen LogP contribution is 2.08. The molecule has 0 unspecified atom stereocenters. The van der Waals surface area contributed by atoms with Gasteiger partial charge in [-0.1, -0.05) is 20.3 Å². The summed E-state index contributed by atoms with van der Waals surface area (Å²) < 4.78 is 25.1. The number of sulfonamides is 1. The lowest BCUT2D eigenvalue weighted by atomic mass is 10.2. The second kappa shape index (κ2) is 8.03. The van der Waals surface area contributed by atoms with E-state index in [-0.39, 0.29) is 5.75 Å². The number of rotatable bonds is 9. The smallest absolute Gasteiger partial charge is 0.213 e. The lowest BCUT2D eigenvalue weighted by Crippen LogP contribution is -2.30. The molecular weight excluding hydrogens is 224 g/mol. The van der Waals surface area contributed by atoms with Crippen LogP contribution in [-0.4, -0.2) is 38.6 Å². The van der Waals surface area contributed by atoms with E-state index in [0.717, 1.165) is 25.7 Å². The van der Waals surface area contributed by atoms with Crippen LogP contribution < -0.4 is 5.73 Å². The molecule has 4 nitrogen and oxygen atoms in total. The van der Waals surface area contributed by atoms with E-state index in [9.17, 15) is 8.42 Å². The number of hydrogen-bond acceptors (Lipinski definition) is 3. The molecular formula is C11H26N2O2S. The molecule has 0 rings (SSSR count). The van der Waals surface area contributed by atoms with Crippen LogP contribution in [0.5, 0.6) is 0 Å². The summed E-state index contributed by atoms with van der Waals surface area (Å²) in [7, 11) is -1.38. The van der Waals surface area contributed by atoms with E-state index < -0.39 is 10.0 Å². The summed E-state index contributed by atoms with van der Waals surface area (Å²) >= 11 is 0. The predicted molar refractivity (Wildman–Crippen MR) is 68.8 cm³/mol. The Balaban J connectivity index is 3.90. The molecule has 0 heterocycles. The van der Waals surface area contributed by atoms with Crippen LogP contribution in [-0.2, 0) is 10.0 Å². The van der Waals surface area contributed by atoms with Gasteiger partial charge in [-0.05, 0) is 31.7 Å². The van der Waals surface area contributed by atoms with E-state index in [4.69, 9.17) is 5.73 Å². The Morgan fingerprint density at radius 3 is 2.31 bits per heavy atom. The molecule has 0 aromatic heterocycles. The highest BCUT2D eigenvalue weighted by molar-refractivity contribution is 7.89. The van der Waals surface area contributed by atoms with E-state index in [1.54, 1.807) is 7.05 Å². The first-order chi connectivity index (χ1) is 7.40. The summed E-state index contributed by atoms with van der Waals surface area (Å²) in [6.45, 7) is 5.37. The average Bonchev–Trinajstić information content (AvgIpc) is 2.21. The van der Waals surface area contributed by atoms with Crippen molar-refractivity contribution < 1.29 is 8.42 Å². The lowest BCUT2D eigenvalue weighted by Gasteiger charge is -2.17. The van der Waals surface area contributed by atoms with Gasteiger partial charge < -0.3 is 5.73 Å². The Morgan fingerprint density at radius 1 is 1.19 bits per heavy atom. The molecule has 0 saturated carbocycles. The SMILES string of the molecule is CC(C)CCS(=O)(=O)N(C)CCCCCN. The Bertz CT molecular complexity index is 263. The quantitative estimate of drug-likeness (QED) is 0.630. The van der Waals surface area contributed by atoms with E-state index in [1.807, 2.05) is 13.8 Å². The Morgan fingerprint density at radius 2 is 1.81 bits per heavy atom. The van der Waals surface area contributed by atoms with Crippen molar-refractivity contribution in [2.24, 2.45) is 11.7 Å². The molecule has 0 amide bonds. The van der Waals surface area contributed by atoms with Crippen molar-refractivity contribution in [2.45, 2.75) is 39.5 Å². The minimum atomic E-state index is -3.04. The molecule has 0 saturated heterocycles. The summed E-state index contributed by atoms with van der Waals surface area (Å²) in [6.07, 6.45) is 3.60. The molecule has 0 aromatic rings. The number of nitrogens with two attached hydrogens (primary N) is 1. The van der Waals surface area contributed by atoms with Gasteiger partial charge in [-0.25, -0.2) is 12.7 Å². The maximum absolute atomic E-state index is 11.8. The van der Waals surface area contributed by atoms with Crippen molar-refractivity contribution in [3.8, 4) is 0 Å². The molecule has 0 atom stereocenters. The van der Waals surface area contributed by atoms with Crippen LogP contribution in [0, 0.1) is 5.92 Å². The monoisotopic (exact) mass is 250 g/mol. The van der Waals surface area contributed by atoms with Crippen LogP contribution in [0.3, 0.4) is 0 Å². The zero-order valence-electron chi connectivity index (χ0n) is 10.8. The number of unbranched alkanes of at least 4 members (excludes halogenated alkanes) is 2. The molecule has 0 aliphatic heterocycles. The molecule has 0 aromatic carbocycles. The molecule has 0 aliphatic carbocycles. The van der Waals surface area contributed by atoms with Gasteiger partial charge in [0.15, 0.2) is 0 Å². The van der Waals surface area contributed by atoms with Gasteiger partial charge in [0.2, 0.25) is 10.0 Å². The molecule has 2 N–H and O–H groups in total. The summed E-state index contributed by atoms with van der Waals surface area (Å²) in [5.74, 6) is 0.693. The Hall–Kier alpha value is -0.130. The topological polar surface area (TPSA) is 63.4 Å². The Kier molecular flexibility index (Phi) is 7.97. The van der Waals surface area contributed by atoms with Crippen molar-refractivity contribution >= 4 is 10.0 Å². The van der Waals surface area contributed by atoms with Crippen LogP contribution in [0.1, 0.15) is 39.5 Å². The molecule has 16 heavy (non-hydrogen) atoms. The van der Waals surface area contributed by atoms with Gasteiger partial charge in [-0.3, -0.25) is 0 Å². The molecule has 98 valence electrons. The van der Waals surface area contributed by atoms with Crippen LogP contribution in [0.15, 0.2) is 0 Å². The summed E-state index contributed by atoms with van der Waals surface area (Å²) in [4.78, 5) is 0. The normalized spacial score (nSPS) is 12.6. The maximum Gasteiger partial charge on any atom is 0.213 e. The van der Waals surface area contributed by atoms with Gasteiger partial charge in [-0.2, -0.15) is 0 Å². The summed E-state index contributed by atoms with van der Waals surface area (Å²) in [5, 5.41) is 0. The molecule has 0 radical (unpaired) electrons. The highest BCUT2D eigenvalue weighted by atomic mass is 32.2. The second-order valence-corrected chi connectivity index (χ2v) is 6.86. The van der Waals surface area contributed by atoms with E-state index >= 15 is 0 Å². The van der Waals surface area contributed by atoms with Crippen LogP contribution >= 0.6 is 0 Å². The number of hydrogen-bond donors (Lipinski definition) is 1. The minimum absolute atomic E-state index is 0.262. The van der Waals surface area contributed by atoms with Gasteiger partial charge in [0.05, 0.1) is 5.75 Å².